The predicted octanol–water partition coefficient (Wildman–Crippen LogP) is 1.83. The van der Waals surface area contributed by atoms with Crippen molar-refractivity contribution in [2.45, 2.75) is 26.3 Å². The molecule has 2 aromatic heterocycles. The highest BCUT2D eigenvalue weighted by atomic mass is 19.1. The molecule has 3 rings (SSSR count). The van der Waals surface area contributed by atoms with Gasteiger partial charge in [0.1, 0.15) is 5.82 Å². The summed E-state index contributed by atoms with van der Waals surface area (Å²) >= 11 is 0. The van der Waals surface area contributed by atoms with Crippen molar-refractivity contribution in [2.24, 2.45) is 0 Å². The van der Waals surface area contributed by atoms with E-state index in [2.05, 4.69) is 25.8 Å². The van der Waals surface area contributed by atoms with Gasteiger partial charge in [0, 0.05) is 6.92 Å². The topological polar surface area (TPSA) is 98.7 Å². The molecule has 0 aliphatic heterocycles. The summed E-state index contributed by atoms with van der Waals surface area (Å²) in [5.74, 6) is -0.0322. The van der Waals surface area contributed by atoms with Crippen LogP contribution in [0.1, 0.15) is 26.6 Å². The third-order valence-corrected chi connectivity index (χ3v) is 3.28. The lowest BCUT2D eigenvalue weighted by Crippen LogP contribution is -2.40. The van der Waals surface area contributed by atoms with Crippen molar-refractivity contribution >= 4 is 5.91 Å². The van der Waals surface area contributed by atoms with E-state index in [1.165, 1.54) is 23.7 Å². The first-order valence-electron chi connectivity index (χ1n) is 7.17. The molecule has 0 aliphatic carbocycles. The zero-order chi connectivity index (χ0) is 17.3. The fourth-order valence-electron chi connectivity index (χ4n) is 2.16. The molecule has 8 nitrogen and oxygen atoms in total. The normalized spacial score (nSPS) is 11.5. The van der Waals surface area contributed by atoms with Crippen LogP contribution in [0.3, 0.4) is 0 Å². The zero-order valence-corrected chi connectivity index (χ0v) is 13.3. The second kappa shape index (κ2) is 5.84. The van der Waals surface area contributed by atoms with Crippen molar-refractivity contribution in [3.8, 4) is 17.3 Å². The van der Waals surface area contributed by atoms with Crippen molar-refractivity contribution in [3.05, 3.63) is 42.1 Å². The van der Waals surface area contributed by atoms with E-state index >= 15 is 0 Å². The van der Waals surface area contributed by atoms with Gasteiger partial charge in [-0.3, -0.25) is 4.79 Å². The van der Waals surface area contributed by atoms with Gasteiger partial charge in [0.05, 0.1) is 17.4 Å². The summed E-state index contributed by atoms with van der Waals surface area (Å²) in [7, 11) is 0. The number of amides is 1. The summed E-state index contributed by atoms with van der Waals surface area (Å²) in [6.45, 7) is 4.94. The van der Waals surface area contributed by atoms with Gasteiger partial charge in [-0.25, -0.2) is 9.07 Å². The smallest absolute Gasteiger partial charge is 0.280 e. The van der Waals surface area contributed by atoms with Gasteiger partial charge in [-0.05, 0) is 38.1 Å². The van der Waals surface area contributed by atoms with Crippen LogP contribution >= 0.6 is 0 Å². The molecule has 0 spiro atoms. The maximum absolute atomic E-state index is 13.0. The molecule has 9 heteroatoms. The van der Waals surface area contributed by atoms with Gasteiger partial charge < -0.3 is 9.84 Å². The van der Waals surface area contributed by atoms with Gasteiger partial charge in [-0.1, -0.05) is 10.4 Å². The third kappa shape index (κ3) is 3.14. The lowest BCUT2D eigenvalue weighted by molar-refractivity contribution is -0.120. The summed E-state index contributed by atoms with van der Waals surface area (Å²) in [5.41, 5.74) is 0.241. The van der Waals surface area contributed by atoms with Crippen LogP contribution in [0.2, 0.25) is 0 Å². The van der Waals surface area contributed by atoms with Crippen LogP contribution in [0.15, 0.2) is 35.0 Å². The van der Waals surface area contributed by atoms with Crippen LogP contribution in [0.25, 0.3) is 17.3 Å². The van der Waals surface area contributed by atoms with Gasteiger partial charge in [0.2, 0.25) is 5.91 Å². The van der Waals surface area contributed by atoms with E-state index in [-0.39, 0.29) is 17.6 Å². The fraction of sp³-hybridized carbons (Fsp3) is 0.267. The van der Waals surface area contributed by atoms with Crippen LogP contribution in [-0.2, 0) is 10.3 Å². The molecule has 0 radical (unpaired) electrons. The monoisotopic (exact) mass is 330 g/mol. The minimum absolute atomic E-state index is 0.178. The minimum Gasteiger partial charge on any atom is -0.344 e. The maximum atomic E-state index is 13.0. The molecule has 0 aliphatic rings. The average Bonchev–Trinajstić information content (AvgIpc) is 3.16. The van der Waals surface area contributed by atoms with E-state index in [4.69, 9.17) is 4.52 Å². The SMILES string of the molecule is CC(=O)NC(C)(C)c1noc(-c2cn(-c3ccc(F)cc3)nn2)n1. The molecule has 0 saturated heterocycles. The van der Waals surface area contributed by atoms with Crippen molar-refractivity contribution in [1.82, 2.24) is 30.5 Å². The van der Waals surface area contributed by atoms with Crippen LogP contribution < -0.4 is 5.32 Å². The van der Waals surface area contributed by atoms with Crippen LogP contribution in [0.5, 0.6) is 0 Å². The number of halogens is 1. The quantitative estimate of drug-likeness (QED) is 0.783. The van der Waals surface area contributed by atoms with Gasteiger partial charge in [0.15, 0.2) is 11.5 Å². The number of nitrogens with one attached hydrogen (secondary N) is 1. The largest absolute Gasteiger partial charge is 0.344 e. The van der Waals surface area contributed by atoms with E-state index in [0.717, 1.165) is 0 Å². The van der Waals surface area contributed by atoms with Gasteiger partial charge >= 0.3 is 0 Å². The molecule has 0 fully saturated rings. The highest BCUT2D eigenvalue weighted by Crippen LogP contribution is 2.21. The molecular formula is C15H15FN6O2. The molecule has 0 bridgehead atoms. The average molecular weight is 330 g/mol. The fourth-order valence-corrected chi connectivity index (χ4v) is 2.16. The van der Waals surface area contributed by atoms with Crippen molar-refractivity contribution in [1.29, 1.82) is 0 Å². The highest BCUT2D eigenvalue weighted by molar-refractivity contribution is 5.73. The Balaban J connectivity index is 1.86. The Hall–Kier alpha value is -3.10. The first-order valence-corrected chi connectivity index (χ1v) is 7.17. The van der Waals surface area contributed by atoms with Gasteiger partial charge in [0.25, 0.3) is 5.89 Å². The van der Waals surface area contributed by atoms with Crippen molar-refractivity contribution in [2.75, 3.05) is 0 Å². The Morgan fingerprint density at radius 1 is 1.29 bits per heavy atom. The van der Waals surface area contributed by atoms with Crippen LogP contribution in [0, 0.1) is 5.82 Å². The minimum atomic E-state index is -0.777. The van der Waals surface area contributed by atoms with E-state index in [0.29, 0.717) is 17.2 Å². The van der Waals surface area contributed by atoms with Gasteiger partial charge in [-0.15, -0.1) is 5.10 Å². The van der Waals surface area contributed by atoms with Crippen LogP contribution in [0.4, 0.5) is 4.39 Å². The number of carbonyl (C=O) groups is 1. The molecule has 2 heterocycles. The van der Waals surface area contributed by atoms with Crippen molar-refractivity contribution < 1.29 is 13.7 Å². The number of benzene rings is 1. The number of hydrogen-bond acceptors (Lipinski definition) is 6. The predicted molar refractivity (Wildman–Crippen MR) is 81.5 cm³/mol. The molecule has 0 saturated carbocycles. The second-order valence-electron chi connectivity index (χ2n) is 5.75. The lowest BCUT2D eigenvalue weighted by Gasteiger charge is -2.20. The number of nitrogens with zero attached hydrogens (tertiary/aromatic N) is 5. The Morgan fingerprint density at radius 2 is 2.00 bits per heavy atom. The highest BCUT2D eigenvalue weighted by Gasteiger charge is 2.28. The Bertz CT molecular complexity index is 868. The Labute approximate surface area is 136 Å². The second-order valence-corrected chi connectivity index (χ2v) is 5.75. The molecule has 0 unspecified atom stereocenters. The summed E-state index contributed by atoms with van der Waals surface area (Å²) < 4.78 is 19.6. The van der Waals surface area contributed by atoms with Gasteiger partial charge in [-0.2, -0.15) is 4.98 Å². The standard InChI is InChI=1S/C15H15FN6O2/c1-9(23)18-15(2,3)14-17-13(24-20-14)12-8-22(21-19-12)11-6-4-10(16)5-7-11/h4-8H,1-3H3,(H,18,23). The lowest BCUT2D eigenvalue weighted by atomic mass is 10.1. The van der Waals surface area contributed by atoms with E-state index in [9.17, 15) is 9.18 Å². The van der Waals surface area contributed by atoms with E-state index in [1.54, 1.807) is 32.2 Å². The number of carbonyl (C=O) groups excluding carboxylic acids is 1. The number of aromatic nitrogens is 5. The first-order chi connectivity index (χ1) is 11.3. The third-order valence-electron chi connectivity index (χ3n) is 3.28. The number of hydrogen-bond donors (Lipinski definition) is 1. The summed E-state index contributed by atoms with van der Waals surface area (Å²) in [6.07, 6.45) is 1.59. The Morgan fingerprint density at radius 3 is 2.67 bits per heavy atom. The van der Waals surface area contributed by atoms with Crippen LogP contribution in [-0.4, -0.2) is 31.0 Å². The maximum Gasteiger partial charge on any atom is 0.280 e. The summed E-state index contributed by atoms with van der Waals surface area (Å²) in [4.78, 5) is 15.5. The van der Waals surface area contributed by atoms with E-state index < -0.39 is 5.54 Å². The molecule has 1 amide bonds. The first kappa shape index (κ1) is 15.8. The summed E-state index contributed by atoms with van der Waals surface area (Å²) in [6, 6.07) is 5.81. The molecule has 124 valence electrons. The molecule has 0 atom stereocenters. The molecular weight excluding hydrogens is 315 g/mol. The summed E-state index contributed by atoms with van der Waals surface area (Å²) in [5, 5.41) is 14.6. The Kier molecular flexibility index (Phi) is 3.84. The molecule has 24 heavy (non-hydrogen) atoms. The molecule has 1 N–H and O–H groups in total. The van der Waals surface area contributed by atoms with Crippen molar-refractivity contribution in [3.63, 3.8) is 0 Å². The molecule has 1 aromatic carbocycles. The number of rotatable bonds is 4. The van der Waals surface area contributed by atoms with E-state index in [1.807, 2.05) is 0 Å². The molecule has 3 aromatic rings. The zero-order valence-electron chi connectivity index (χ0n) is 13.3.